The van der Waals surface area contributed by atoms with Gasteiger partial charge in [0.25, 0.3) is 0 Å². The number of hydrogen-bond donors (Lipinski definition) is 1. The van der Waals surface area contributed by atoms with E-state index < -0.39 is 11.6 Å². The van der Waals surface area contributed by atoms with Crippen molar-refractivity contribution in [3.05, 3.63) is 79.3 Å². The van der Waals surface area contributed by atoms with E-state index in [-0.39, 0.29) is 0 Å². The molecule has 0 unspecified atom stereocenters. The fourth-order valence-corrected chi connectivity index (χ4v) is 3.39. The van der Waals surface area contributed by atoms with E-state index in [0.717, 1.165) is 23.2 Å². The van der Waals surface area contributed by atoms with Gasteiger partial charge in [-0.05, 0) is 36.4 Å². The van der Waals surface area contributed by atoms with Crippen LogP contribution in [0.5, 0.6) is 11.5 Å². The van der Waals surface area contributed by atoms with Gasteiger partial charge < -0.3 is 19.1 Å². The molecule has 0 radical (unpaired) electrons. The number of hydrogen-bond acceptors (Lipinski definition) is 7. The number of pyridine rings is 1. The van der Waals surface area contributed by atoms with E-state index in [1.54, 1.807) is 24.8 Å². The van der Waals surface area contributed by atoms with Crippen LogP contribution in [0.25, 0.3) is 28.0 Å². The van der Waals surface area contributed by atoms with Crippen molar-refractivity contribution in [2.45, 2.75) is 6.54 Å². The lowest BCUT2D eigenvalue weighted by Crippen LogP contribution is -2.10. The van der Waals surface area contributed by atoms with Gasteiger partial charge in [0, 0.05) is 30.4 Å². The van der Waals surface area contributed by atoms with Gasteiger partial charge in [0.05, 0.1) is 42.6 Å². The summed E-state index contributed by atoms with van der Waals surface area (Å²) < 4.78 is 28.4. The van der Waals surface area contributed by atoms with Crippen LogP contribution in [0.15, 0.2) is 73.4 Å². The van der Waals surface area contributed by atoms with Gasteiger partial charge in [0.15, 0.2) is 11.6 Å². The standard InChI is InChI=1S/C24H21FN6O3/c25-20-14-18(2-6-24(20)32)31-15-23(28-29-31)22-4-1-17-13-19(3-5-21(17)27-22)34-12-11-33-10-9-30-8-7-26-16-30/h1-8,13-16,32H,9-12H2. The molecule has 34 heavy (non-hydrogen) atoms. The molecule has 0 saturated carbocycles. The maximum atomic E-state index is 13.6. The molecule has 0 bridgehead atoms. The lowest BCUT2D eigenvalue weighted by Gasteiger charge is -2.08. The molecule has 5 aromatic rings. The molecule has 0 atom stereocenters. The second kappa shape index (κ2) is 9.67. The molecule has 0 spiro atoms. The van der Waals surface area contributed by atoms with Crippen LogP contribution in [-0.2, 0) is 11.3 Å². The highest BCUT2D eigenvalue weighted by Crippen LogP contribution is 2.24. The Balaban J connectivity index is 1.20. The Hall–Kier alpha value is -4.31. The molecule has 10 heteroatoms. The van der Waals surface area contributed by atoms with Crippen molar-refractivity contribution in [3.63, 3.8) is 0 Å². The Kier molecular flexibility index (Phi) is 6.13. The molecule has 3 heterocycles. The van der Waals surface area contributed by atoms with Crippen molar-refractivity contribution in [2.75, 3.05) is 19.8 Å². The number of phenols is 1. The van der Waals surface area contributed by atoms with Crippen LogP contribution in [0.2, 0.25) is 0 Å². The van der Waals surface area contributed by atoms with Crippen LogP contribution < -0.4 is 4.74 Å². The second-order valence-electron chi connectivity index (χ2n) is 7.50. The Labute approximate surface area is 194 Å². The average molecular weight is 460 g/mol. The summed E-state index contributed by atoms with van der Waals surface area (Å²) in [4.78, 5) is 8.65. The first-order valence-electron chi connectivity index (χ1n) is 10.6. The van der Waals surface area contributed by atoms with Crippen LogP contribution in [0.1, 0.15) is 0 Å². The summed E-state index contributed by atoms with van der Waals surface area (Å²) >= 11 is 0. The molecule has 2 aromatic carbocycles. The van der Waals surface area contributed by atoms with Gasteiger partial charge in [-0.3, -0.25) is 0 Å². The zero-order chi connectivity index (χ0) is 23.3. The zero-order valence-corrected chi connectivity index (χ0v) is 18.1. The fourth-order valence-electron chi connectivity index (χ4n) is 3.39. The number of fused-ring (bicyclic) bond motifs is 1. The number of nitrogens with zero attached hydrogens (tertiary/aromatic N) is 6. The summed E-state index contributed by atoms with van der Waals surface area (Å²) in [5.74, 6) is -0.403. The minimum absolute atomic E-state index is 0.415. The Morgan fingerprint density at radius 3 is 2.76 bits per heavy atom. The highest BCUT2D eigenvalue weighted by molar-refractivity contribution is 5.82. The lowest BCUT2D eigenvalue weighted by atomic mass is 10.2. The maximum absolute atomic E-state index is 13.6. The summed E-state index contributed by atoms with van der Waals surface area (Å²) in [6.45, 7) is 2.28. The summed E-state index contributed by atoms with van der Waals surface area (Å²) in [7, 11) is 0. The normalized spacial score (nSPS) is 11.2. The Bertz CT molecular complexity index is 1400. The number of benzene rings is 2. The summed E-state index contributed by atoms with van der Waals surface area (Å²) in [6.07, 6.45) is 7.05. The predicted octanol–water partition coefficient (Wildman–Crippen LogP) is 3.62. The molecule has 0 aliphatic carbocycles. The number of phenolic OH excluding ortho intramolecular Hbond substituents is 1. The highest BCUT2D eigenvalue weighted by Gasteiger charge is 2.10. The molecule has 0 saturated heterocycles. The third kappa shape index (κ3) is 4.86. The fraction of sp³-hybridized carbons (Fsp3) is 0.167. The van der Waals surface area contributed by atoms with Gasteiger partial charge in [-0.1, -0.05) is 11.3 Å². The SMILES string of the molecule is Oc1ccc(-n2cc(-c3ccc4cc(OCCOCCn5ccnc5)ccc4n3)nn2)cc1F. The predicted molar refractivity (Wildman–Crippen MR) is 122 cm³/mol. The molecular formula is C24H21FN6O3. The Morgan fingerprint density at radius 1 is 0.971 bits per heavy atom. The molecule has 0 fully saturated rings. The van der Waals surface area contributed by atoms with Crippen LogP contribution in [0.3, 0.4) is 0 Å². The van der Waals surface area contributed by atoms with E-state index in [1.165, 1.54) is 16.8 Å². The van der Waals surface area contributed by atoms with E-state index >= 15 is 0 Å². The maximum Gasteiger partial charge on any atom is 0.166 e. The highest BCUT2D eigenvalue weighted by atomic mass is 19.1. The van der Waals surface area contributed by atoms with E-state index in [2.05, 4.69) is 20.3 Å². The van der Waals surface area contributed by atoms with Gasteiger partial charge in [0.1, 0.15) is 18.1 Å². The molecule has 3 aromatic heterocycles. The molecule has 9 nitrogen and oxygen atoms in total. The number of rotatable bonds is 9. The molecule has 172 valence electrons. The topological polar surface area (TPSA) is 100 Å². The van der Waals surface area contributed by atoms with Crippen molar-refractivity contribution in [3.8, 4) is 28.6 Å². The summed E-state index contributed by atoms with van der Waals surface area (Å²) in [6, 6.07) is 13.5. The average Bonchev–Trinajstić information content (AvgIpc) is 3.55. The summed E-state index contributed by atoms with van der Waals surface area (Å²) in [5, 5.41) is 18.5. The molecule has 1 N–H and O–H groups in total. The van der Waals surface area contributed by atoms with E-state index in [1.807, 2.05) is 41.1 Å². The molecule has 0 amide bonds. The number of aromatic hydroxyl groups is 1. The minimum atomic E-state index is -0.725. The van der Waals surface area contributed by atoms with Gasteiger partial charge in [-0.15, -0.1) is 5.10 Å². The van der Waals surface area contributed by atoms with Crippen LogP contribution in [0.4, 0.5) is 4.39 Å². The summed E-state index contributed by atoms with van der Waals surface area (Å²) in [5.41, 5.74) is 2.41. The van der Waals surface area contributed by atoms with Gasteiger partial charge in [-0.25, -0.2) is 19.0 Å². The van der Waals surface area contributed by atoms with Crippen molar-refractivity contribution < 1.29 is 19.0 Å². The van der Waals surface area contributed by atoms with Crippen molar-refractivity contribution in [1.29, 1.82) is 0 Å². The molecule has 0 aliphatic heterocycles. The van der Waals surface area contributed by atoms with Gasteiger partial charge >= 0.3 is 0 Å². The van der Waals surface area contributed by atoms with E-state index in [4.69, 9.17) is 9.47 Å². The van der Waals surface area contributed by atoms with Crippen molar-refractivity contribution >= 4 is 10.9 Å². The van der Waals surface area contributed by atoms with Crippen molar-refractivity contribution in [1.82, 2.24) is 29.5 Å². The lowest BCUT2D eigenvalue weighted by molar-refractivity contribution is 0.0944. The third-order valence-electron chi connectivity index (χ3n) is 5.16. The molecule has 0 aliphatic rings. The van der Waals surface area contributed by atoms with E-state index in [9.17, 15) is 9.50 Å². The molecular weight excluding hydrogens is 439 g/mol. The van der Waals surface area contributed by atoms with Crippen LogP contribution >= 0.6 is 0 Å². The van der Waals surface area contributed by atoms with Crippen molar-refractivity contribution in [2.24, 2.45) is 0 Å². The van der Waals surface area contributed by atoms with E-state index in [0.29, 0.717) is 36.9 Å². The second-order valence-corrected chi connectivity index (χ2v) is 7.50. The number of aromatic nitrogens is 6. The number of ether oxygens (including phenoxy) is 2. The first kappa shape index (κ1) is 21.5. The zero-order valence-electron chi connectivity index (χ0n) is 18.1. The molecule has 5 rings (SSSR count). The monoisotopic (exact) mass is 460 g/mol. The van der Waals surface area contributed by atoms with Gasteiger partial charge in [0.2, 0.25) is 0 Å². The first-order valence-corrected chi connectivity index (χ1v) is 10.6. The Morgan fingerprint density at radius 2 is 1.91 bits per heavy atom. The smallest absolute Gasteiger partial charge is 0.166 e. The first-order chi connectivity index (χ1) is 16.7. The largest absolute Gasteiger partial charge is 0.505 e. The number of imidazole rings is 1. The quantitative estimate of drug-likeness (QED) is 0.335. The van der Waals surface area contributed by atoms with Crippen LogP contribution in [0, 0.1) is 5.82 Å². The van der Waals surface area contributed by atoms with Gasteiger partial charge in [-0.2, -0.15) is 0 Å². The minimum Gasteiger partial charge on any atom is -0.505 e. The van der Waals surface area contributed by atoms with Crippen LogP contribution in [-0.4, -0.2) is 54.5 Å². The third-order valence-corrected chi connectivity index (χ3v) is 5.16. The number of halogens is 1.